The van der Waals surface area contributed by atoms with E-state index in [4.69, 9.17) is 10.2 Å². The van der Waals surface area contributed by atoms with E-state index in [0.29, 0.717) is 5.89 Å². The lowest BCUT2D eigenvalue weighted by Gasteiger charge is -2.00. The van der Waals surface area contributed by atoms with Crippen molar-refractivity contribution in [2.75, 3.05) is 0 Å². The Balaban J connectivity index is 2.51. The molecule has 0 aliphatic carbocycles. The highest BCUT2D eigenvalue weighted by Crippen LogP contribution is 2.23. The van der Waals surface area contributed by atoms with Crippen LogP contribution < -0.4 is 5.73 Å². The fourth-order valence-corrected chi connectivity index (χ4v) is 1.60. The summed E-state index contributed by atoms with van der Waals surface area (Å²) in [5, 5.41) is 0. The summed E-state index contributed by atoms with van der Waals surface area (Å²) < 4.78 is 6.51. The van der Waals surface area contributed by atoms with Gasteiger partial charge in [-0.3, -0.25) is 0 Å². The van der Waals surface area contributed by atoms with Crippen molar-refractivity contribution in [2.45, 2.75) is 19.4 Å². The molecular formula is C10H11BrN2O. The van der Waals surface area contributed by atoms with Gasteiger partial charge in [0.15, 0.2) is 5.58 Å². The predicted octanol–water partition coefficient (Wildman–Crippen LogP) is 3.00. The van der Waals surface area contributed by atoms with Crippen LogP contribution in [0.5, 0.6) is 0 Å². The number of aromatic nitrogens is 1. The monoisotopic (exact) mass is 254 g/mol. The van der Waals surface area contributed by atoms with Crippen LogP contribution in [0.4, 0.5) is 0 Å². The molecule has 0 fully saturated rings. The van der Waals surface area contributed by atoms with Crippen LogP contribution >= 0.6 is 15.9 Å². The zero-order chi connectivity index (χ0) is 10.1. The van der Waals surface area contributed by atoms with Gasteiger partial charge in [0.2, 0.25) is 5.89 Å². The minimum Gasteiger partial charge on any atom is -0.439 e. The molecule has 0 saturated heterocycles. The summed E-state index contributed by atoms with van der Waals surface area (Å²) in [7, 11) is 0. The number of nitrogens with two attached hydrogens (primary N) is 1. The molecule has 0 spiro atoms. The third kappa shape index (κ3) is 1.67. The second-order valence-electron chi connectivity index (χ2n) is 3.18. The quantitative estimate of drug-likeness (QED) is 0.897. The van der Waals surface area contributed by atoms with E-state index in [0.717, 1.165) is 22.0 Å². The zero-order valence-electron chi connectivity index (χ0n) is 7.83. The lowest BCUT2D eigenvalue weighted by Crippen LogP contribution is -2.08. The van der Waals surface area contributed by atoms with Gasteiger partial charge < -0.3 is 10.2 Å². The first-order valence-electron chi connectivity index (χ1n) is 4.52. The molecule has 1 aromatic heterocycles. The summed E-state index contributed by atoms with van der Waals surface area (Å²) in [5.41, 5.74) is 7.46. The van der Waals surface area contributed by atoms with Gasteiger partial charge >= 0.3 is 0 Å². The molecule has 3 nitrogen and oxygen atoms in total. The molecule has 0 amide bonds. The molecular weight excluding hydrogens is 244 g/mol. The van der Waals surface area contributed by atoms with Gasteiger partial charge in [-0.25, -0.2) is 4.98 Å². The number of halogens is 1. The largest absolute Gasteiger partial charge is 0.439 e. The molecule has 14 heavy (non-hydrogen) atoms. The highest BCUT2D eigenvalue weighted by atomic mass is 79.9. The molecule has 0 saturated carbocycles. The minimum atomic E-state index is -0.110. The van der Waals surface area contributed by atoms with Crippen LogP contribution in [0.2, 0.25) is 0 Å². The zero-order valence-corrected chi connectivity index (χ0v) is 9.41. The molecule has 0 aliphatic rings. The van der Waals surface area contributed by atoms with Gasteiger partial charge in [0, 0.05) is 4.47 Å². The average Bonchev–Trinajstić information content (AvgIpc) is 2.59. The third-order valence-electron chi connectivity index (χ3n) is 2.12. The molecule has 1 unspecified atom stereocenters. The number of oxazole rings is 1. The molecule has 4 heteroatoms. The van der Waals surface area contributed by atoms with E-state index in [1.807, 2.05) is 25.1 Å². The highest BCUT2D eigenvalue weighted by Gasteiger charge is 2.11. The second-order valence-corrected chi connectivity index (χ2v) is 4.09. The Labute approximate surface area is 90.4 Å². The van der Waals surface area contributed by atoms with E-state index in [2.05, 4.69) is 20.9 Å². The Bertz CT molecular complexity index is 452. The molecule has 0 radical (unpaired) electrons. The molecule has 1 heterocycles. The van der Waals surface area contributed by atoms with E-state index >= 15 is 0 Å². The molecule has 74 valence electrons. The van der Waals surface area contributed by atoms with Gasteiger partial charge in [-0.05, 0) is 24.6 Å². The fraction of sp³-hybridized carbons (Fsp3) is 0.300. The van der Waals surface area contributed by atoms with Crippen LogP contribution in [0.25, 0.3) is 11.1 Å². The van der Waals surface area contributed by atoms with Crippen molar-refractivity contribution in [2.24, 2.45) is 5.73 Å². The summed E-state index contributed by atoms with van der Waals surface area (Å²) in [6.07, 6.45) is 0.827. The van der Waals surface area contributed by atoms with Crippen molar-refractivity contribution < 1.29 is 4.42 Å². The van der Waals surface area contributed by atoms with E-state index < -0.39 is 0 Å². The average molecular weight is 255 g/mol. The Morgan fingerprint density at radius 3 is 3.07 bits per heavy atom. The molecule has 2 aromatic rings. The first kappa shape index (κ1) is 9.68. The van der Waals surface area contributed by atoms with Gasteiger partial charge in [-0.2, -0.15) is 0 Å². The predicted molar refractivity (Wildman–Crippen MR) is 58.9 cm³/mol. The van der Waals surface area contributed by atoms with Crippen molar-refractivity contribution in [3.05, 3.63) is 28.6 Å². The Morgan fingerprint density at radius 1 is 1.57 bits per heavy atom. The number of nitrogens with zero attached hydrogens (tertiary/aromatic N) is 1. The number of benzene rings is 1. The SMILES string of the molecule is CCC(N)c1nc2cc(Br)ccc2o1. The summed E-state index contributed by atoms with van der Waals surface area (Å²) in [6.45, 7) is 2.01. The molecule has 2 N–H and O–H groups in total. The first-order chi connectivity index (χ1) is 6.70. The van der Waals surface area contributed by atoms with Crippen molar-refractivity contribution in [1.29, 1.82) is 0 Å². The van der Waals surface area contributed by atoms with Crippen LogP contribution in [-0.2, 0) is 0 Å². The smallest absolute Gasteiger partial charge is 0.212 e. The standard InChI is InChI=1S/C10H11BrN2O/c1-2-7(12)10-13-8-5-6(11)3-4-9(8)14-10/h3-5,7H,2,12H2,1H3. The Kier molecular flexibility index (Phi) is 2.56. The maximum Gasteiger partial charge on any atom is 0.212 e. The molecule has 1 aromatic carbocycles. The summed E-state index contributed by atoms with van der Waals surface area (Å²) in [6, 6.07) is 5.62. The number of hydrogen-bond donors (Lipinski definition) is 1. The van der Waals surface area contributed by atoms with Crippen molar-refractivity contribution in [3.8, 4) is 0 Å². The van der Waals surface area contributed by atoms with Gasteiger partial charge in [-0.1, -0.05) is 22.9 Å². The van der Waals surface area contributed by atoms with Gasteiger partial charge in [-0.15, -0.1) is 0 Å². The number of hydrogen-bond acceptors (Lipinski definition) is 3. The molecule has 2 rings (SSSR count). The molecule has 0 aliphatic heterocycles. The maximum absolute atomic E-state index is 5.83. The second kappa shape index (κ2) is 3.71. The fourth-order valence-electron chi connectivity index (χ4n) is 1.25. The lowest BCUT2D eigenvalue weighted by atomic mass is 10.2. The summed E-state index contributed by atoms with van der Waals surface area (Å²) in [4.78, 5) is 4.32. The normalized spacial score (nSPS) is 13.4. The number of fused-ring (bicyclic) bond motifs is 1. The van der Waals surface area contributed by atoms with E-state index in [-0.39, 0.29) is 6.04 Å². The first-order valence-corrected chi connectivity index (χ1v) is 5.31. The minimum absolute atomic E-state index is 0.110. The van der Waals surface area contributed by atoms with Crippen molar-refractivity contribution in [1.82, 2.24) is 4.98 Å². The van der Waals surface area contributed by atoms with Crippen LogP contribution in [0.15, 0.2) is 27.1 Å². The summed E-state index contributed by atoms with van der Waals surface area (Å²) in [5.74, 6) is 0.612. The van der Waals surface area contributed by atoms with Crippen LogP contribution in [0, 0.1) is 0 Å². The topological polar surface area (TPSA) is 52.0 Å². The lowest BCUT2D eigenvalue weighted by molar-refractivity contribution is 0.469. The van der Waals surface area contributed by atoms with Gasteiger partial charge in [0.25, 0.3) is 0 Å². The van der Waals surface area contributed by atoms with E-state index in [9.17, 15) is 0 Å². The molecule has 0 bridgehead atoms. The highest BCUT2D eigenvalue weighted by molar-refractivity contribution is 9.10. The number of rotatable bonds is 2. The Morgan fingerprint density at radius 2 is 2.36 bits per heavy atom. The van der Waals surface area contributed by atoms with E-state index in [1.165, 1.54) is 0 Å². The van der Waals surface area contributed by atoms with Crippen LogP contribution in [0.3, 0.4) is 0 Å². The van der Waals surface area contributed by atoms with Crippen LogP contribution in [0.1, 0.15) is 25.3 Å². The van der Waals surface area contributed by atoms with E-state index in [1.54, 1.807) is 0 Å². The van der Waals surface area contributed by atoms with Gasteiger partial charge in [0.05, 0.1) is 6.04 Å². The van der Waals surface area contributed by atoms with Crippen molar-refractivity contribution >= 4 is 27.0 Å². The summed E-state index contributed by atoms with van der Waals surface area (Å²) >= 11 is 3.38. The van der Waals surface area contributed by atoms with Crippen LogP contribution in [-0.4, -0.2) is 4.98 Å². The molecule has 1 atom stereocenters. The maximum atomic E-state index is 5.83. The van der Waals surface area contributed by atoms with Gasteiger partial charge in [0.1, 0.15) is 5.52 Å². The Hall–Kier alpha value is -0.870. The van der Waals surface area contributed by atoms with Crippen molar-refractivity contribution in [3.63, 3.8) is 0 Å². The third-order valence-corrected chi connectivity index (χ3v) is 2.62.